The van der Waals surface area contributed by atoms with Crippen LogP contribution in [0.25, 0.3) is 0 Å². The fraction of sp³-hybridized carbons (Fsp3) is 0.682. The molecule has 0 aliphatic rings. The van der Waals surface area contributed by atoms with Gasteiger partial charge in [0.1, 0.15) is 0 Å². The molecule has 0 fully saturated rings. The quantitative estimate of drug-likeness (QED) is 0.258. The summed E-state index contributed by atoms with van der Waals surface area (Å²) in [6.07, 6.45) is 16.6. The Morgan fingerprint density at radius 1 is 0.833 bits per heavy atom. The zero-order valence-electron chi connectivity index (χ0n) is 15.5. The lowest BCUT2D eigenvalue weighted by Gasteiger charge is -2.17. The summed E-state index contributed by atoms with van der Waals surface area (Å²) in [5.41, 5.74) is 1.39. The predicted molar refractivity (Wildman–Crippen MR) is 110 cm³/mol. The van der Waals surface area contributed by atoms with Crippen LogP contribution in [0.4, 0.5) is 0 Å². The molecule has 0 heterocycles. The van der Waals surface area contributed by atoms with Gasteiger partial charge < -0.3 is 5.11 Å². The molecule has 0 saturated heterocycles. The fourth-order valence-electron chi connectivity index (χ4n) is 3.38. The molecule has 136 valence electrons. The maximum absolute atomic E-state index is 9.33. The summed E-state index contributed by atoms with van der Waals surface area (Å²) in [6.45, 7) is 2.27. The first-order valence-electron chi connectivity index (χ1n) is 10.0. The monoisotopic (exact) mass is 348 g/mol. The summed E-state index contributed by atoms with van der Waals surface area (Å²) in [6, 6.07) is 10.7. The molecule has 0 bridgehead atoms. The molecule has 1 atom stereocenters. The van der Waals surface area contributed by atoms with Gasteiger partial charge >= 0.3 is 0 Å². The lowest BCUT2D eigenvalue weighted by atomic mass is 9.89. The molecule has 0 aromatic heterocycles. The number of benzene rings is 1. The Hall–Kier alpha value is -0.890. The van der Waals surface area contributed by atoms with Crippen LogP contribution in [-0.4, -0.2) is 10.2 Å². The van der Waals surface area contributed by atoms with Gasteiger partial charge in [-0.15, -0.1) is 0 Å². The third-order valence-corrected chi connectivity index (χ3v) is 5.09. The molecule has 1 N–H and O–H groups in total. The Labute approximate surface area is 154 Å². The first-order valence-corrected chi connectivity index (χ1v) is 10.4. The van der Waals surface area contributed by atoms with Crippen molar-refractivity contribution in [1.29, 1.82) is 0 Å². The van der Waals surface area contributed by atoms with Crippen molar-refractivity contribution in [2.75, 3.05) is 0 Å². The van der Waals surface area contributed by atoms with Gasteiger partial charge in [-0.1, -0.05) is 101 Å². The molecule has 2 heteroatoms. The molecule has 0 amide bonds. The molecule has 1 aromatic rings. The van der Waals surface area contributed by atoms with Gasteiger partial charge in [-0.3, -0.25) is 0 Å². The third-order valence-electron chi connectivity index (χ3n) is 4.88. The summed E-state index contributed by atoms with van der Waals surface area (Å²) in [5.74, 6) is 0.533. The fourth-order valence-corrected chi connectivity index (χ4v) is 3.50. The number of aliphatic hydroxyl groups excluding tert-OH is 1. The van der Waals surface area contributed by atoms with E-state index in [0.29, 0.717) is 12.3 Å². The Morgan fingerprint density at radius 2 is 1.38 bits per heavy atom. The van der Waals surface area contributed by atoms with Crippen molar-refractivity contribution >= 4 is 17.3 Å². The van der Waals surface area contributed by atoms with Crippen LogP contribution < -0.4 is 0 Å². The van der Waals surface area contributed by atoms with E-state index in [1.165, 1.54) is 76.2 Å². The second-order valence-corrected chi connectivity index (χ2v) is 7.48. The highest BCUT2D eigenvalue weighted by atomic mass is 32.1. The van der Waals surface area contributed by atoms with Gasteiger partial charge in [0.15, 0.2) is 5.05 Å². The van der Waals surface area contributed by atoms with Crippen LogP contribution >= 0.6 is 12.2 Å². The van der Waals surface area contributed by atoms with Crippen molar-refractivity contribution in [2.24, 2.45) is 0 Å². The van der Waals surface area contributed by atoms with E-state index in [0.717, 1.165) is 6.42 Å². The Balaban J connectivity index is 2.15. The molecule has 24 heavy (non-hydrogen) atoms. The molecule has 0 radical (unpaired) electrons. The molecule has 1 rings (SSSR count). The highest BCUT2D eigenvalue weighted by Gasteiger charge is 2.11. The Bertz CT molecular complexity index is 415. The third kappa shape index (κ3) is 10.8. The molecular formula is C22H36OS. The van der Waals surface area contributed by atoms with Gasteiger partial charge in [0.2, 0.25) is 0 Å². The second-order valence-electron chi connectivity index (χ2n) is 7.01. The van der Waals surface area contributed by atoms with Crippen molar-refractivity contribution in [3.63, 3.8) is 0 Å². The lowest BCUT2D eigenvalue weighted by molar-refractivity contribution is 0.493. The first kappa shape index (κ1) is 21.2. The number of hydrogen-bond acceptors (Lipinski definition) is 1. The van der Waals surface area contributed by atoms with Crippen LogP contribution in [0.3, 0.4) is 0 Å². The maximum Gasteiger partial charge on any atom is 0.156 e. The number of aliphatic hydroxyl groups is 1. The van der Waals surface area contributed by atoms with Gasteiger partial charge in [-0.25, -0.2) is 0 Å². The largest absolute Gasteiger partial charge is 0.502 e. The SMILES string of the molecule is CCCCCCCCCCCCC(CCC(O)=S)c1ccccc1. The molecule has 0 aliphatic carbocycles. The molecule has 1 nitrogen and oxygen atoms in total. The van der Waals surface area contributed by atoms with Crippen molar-refractivity contribution in [3.05, 3.63) is 35.9 Å². The highest BCUT2D eigenvalue weighted by Crippen LogP contribution is 2.27. The molecule has 0 saturated carbocycles. The van der Waals surface area contributed by atoms with Crippen LogP contribution in [0.15, 0.2) is 30.3 Å². The number of hydrogen-bond donors (Lipinski definition) is 1. The topological polar surface area (TPSA) is 20.2 Å². The van der Waals surface area contributed by atoms with Gasteiger partial charge in [-0.05, 0) is 36.5 Å². The standard InChI is InChI=1S/C22H36OS/c1-2-3-4-5-6-7-8-9-10-12-17-21(18-19-22(23)24)20-15-13-11-14-16-20/h11,13-16,21H,2-10,12,17-19H2,1H3,(H,23,24). The second kappa shape index (κ2) is 14.5. The van der Waals surface area contributed by atoms with E-state index >= 15 is 0 Å². The normalized spacial score (nSPS) is 12.2. The summed E-state index contributed by atoms with van der Waals surface area (Å²) in [4.78, 5) is 0. The van der Waals surface area contributed by atoms with Gasteiger partial charge in [-0.2, -0.15) is 0 Å². The zero-order valence-corrected chi connectivity index (χ0v) is 16.3. The van der Waals surface area contributed by atoms with E-state index in [2.05, 4.69) is 37.3 Å². The summed E-state index contributed by atoms with van der Waals surface area (Å²) >= 11 is 4.84. The van der Waals surface area contributed by atoms with Crippen molar-refractivity contribution in [1.82, 2.24) is 0 Å². The minimum absolute atomic E-state index is 0.152. The van der Waals surface area contributed by atoms with Crippen LogP contribution in [0, 0.1) is 0 Å². The molecule has 0 spiro atoms. The minimum Gasteiger partial charge on any atom is -0.502 e. The van der Waals surface area contributed by atoms with E-state index in [9.17, 15) is 5.11 Å². The lowest BCUT2D eigenvalue weighted by Crippen LogP contribution is -2.02. The van der Waals surface area contributed by atoms with Crippen molar-refractivity contribution in [3.8, 4) is 0 Å². The van der Waals surface area contributed by atoms with E-state index in [-0.39, 0.29) is 5.05 Å². The average Bonchev–Trinajstić information content (AvgIpc) is 2.59. The van der Waals surface area contributed by atoms with Crippen molar-refractivity contribution < 1.29 is 5.11 Å². The predicted octanol–water partition coefficient (Wildman–Crippen LogP) is 7.75. The summed E-state index contributed by atoms with van der Waals surface area (Å²) < 4.78 is 0. The van der Waals surface area contributed by atoms with E-state index in [1.807, 2.05) is 0 Å². The smallest absolute Gasteiger partial charge is 0.156 e. The van der Waals surface area contributed by atoms with Gasteiger partial charge in [0, 0.05) is 6.42 Å². The Kier molecular flexibility index (Phi) is 12.7. The summed E-state index contributed by atoms with van der Waals surface area (Å²) in [5, 5.41) is 9.48. The molecule has 0 aliphatic heterocycles. The number of thiocarbonyl (C=S) groups is 1. The maximum atomic E-state index is 9.33. The van der Waals surface area contributed by atoms with E-state index < -0.39 is 0 Å². The number of unbranched alkanes of at least 4 members (excludes halogenated alkanes) is 9. The Morgan fingerprint density at radius 3 is 1.92 bits per heavy atom. The number of rotatable bonds is 15. The van der Waals surface area contributed by atoms with E-state index in [4.69, 9.17) is 12.2 Å². The van der Waals surface area contributed by atoms with Crippen LogP contribution in [0.1, 0.15) is 102 Å². The molecule has 1 aromatic carbocycles. The minimum atomic E-state index is 0.152. The average molecular weight is 349 g/mol. The molecule has 1 unspecified atom stereocenters. The van der Waals surface area contributed by atoms with Crippen LogP contribution in [-0.2, 0) is 0 Å². The first-order chi connectivity index (χ1) is 11.7. The van der Waals surface area contributed by atoms with E-state index in [1.54, 1.807) is 0 Å². The molecular weight excluding hydrogens is 312 g/mol. The highest BCUT2D eigenvalue weighted by molar-refractivity contribution is 7.80. The summed E-state index contributed by atoms with van der Waals surface area (Å²) in [7, 11) is 0. The van der Waals surface area contributed by atoms with Crippen LogP contribution in [0.5, 0.6) is 0 Å². The van der Waals surface area contributed by atoms with Gasteiger partial charge in [0.05, 0.1) is 0 Å². The zero-order chi connectivity index (χ0) is 17.5. The van der Waals surface area contributed by atoms with Crippen molar-refractivity contribution in [2.45, 2.75) is 96.3 Å². The van der Waals surface area contributed by atoms with Gasteiger partial charge in [0.25, 0.3) is 0 Å². The van der Waals surface area contributed by atoms with Crippen LogP contribution in [0.2, 0.25) is 0 Å².